The van der Waals surface area contributed by atoms with Gasteiger partial charge >= 0.3 is 0 Å². The van der Waals surface area contributed by atoms with Crippen molar-refractivity contribution < 1.29 is 5.21 Å². The number of allylic oxidation sites excluding steroid dienone is 1. The van der Waals surface area contributed by atoms with Crippen LogP contribution in [0.15, 0.2) is 47.8 Å². The van der Waals surface area contributed by atoms with Gasteiger partial charge in [0, 0.05) is 0 Å². The highest BCUT2D eigenvalue weighted by Gasteiger charge is 1.97. The van der Waals surface area contributed by atoms with E-state index in [0.717, 1.165) is 5.69 Å². The van der Waals surface area contributed by atoms with Crippen molar-refractivity contribution in [3.63, 3.8) is 0 Å². The maximum Gasteiger partial charge on any atom is 0.105 e. The molecule has 1 heterocycles. The predicted molar refractivity (Wildman–Crippen MR) is 64.9 cm³/mol. The van der Waals surface area contributed by atoms with Gasteiger partial charge in [-0.2, -0.15) is 0 Å². The molecule has 2 rings (SSSR count). The van der Waals surface area contributed by atoms with Gasteiger partial charge in [0.05, 0.1) is 19.0 Å². The minimum Gasteiger partial charge on any atom is -0.411 e. The summed E-state index contributed by atoms with van der Waals surface area (Å²) in [6, 6.07) is 10.0. The van der Waals surface area contributed by atoms with Crippen molar-refractivity contribution in [3.8, 4) is 0 Å². The molecule has 0 unspecified atom stereocenters. The van der Waals surface area contributed by atoms with E-state index in [1.165, 1.54) is 11.8 Å². The summed E-state index contributed by atoms with van der Waals surface area (Å²) >= 11 is 0. The SMILES string of the molecule is O/N=C/C=C/c1cn(Cc2ccccc2)nn1. The van der Waals surface area contributed by atoms with Crippen LogP contribution in [0.2, 0.25) is 0 Å². The Morgan fingerprint density at radius 3 is 2.88 bits per heavy atom. The van der Waals surface area contributed by atoms with E-state index in [0.29, 0.717) is 6.54 Å². The number of nitrogens with zero attached hydrogens (tertiary/aromatic N) is 4. The second-order valence-corrected chi connectivity index (χ2v) is 3.45. The highest BCUT2D eigenvalue weighted by Crippen LogP contribution is 2.02. The first-order chi connectivity index (χ1) is 8.38. The monoisotopic (exact) mass is 228 g/mol. The fourth-order valence-electron chi connectivity index (χ4n) is 1.42. The summed E-state index contributed by atoms with van der Waals surface area (Å²) in [5.74, 6) is 0. The zero-order valence-corrected chi connectivity index (χ0v) is 9.14. The Labute approximate surface area is 98.7 Å². The first-order valence-electron chi connectivity index (χ1n) is 5.16. The third kappa shape index (κ3) is 3.27. The van der Waals surface area contributed by atoms with Crippen LogP contribution in [-0.4, -0.2) is 26.4 Å². The average molecular weight is 228 g/mol. The predicted octanol–water partition coefficient (Wildman–Crippen LogP) is 1.80. The Morgan fingerprint density at radius 1 is 1.29 bits per heavy atom. The molecule has 86 valence electrons. The second kappa shape index (κ2) is 5.60. The maximum absolute atomic E-state index is 8.22. The van der Waals surface area contributed by atoms with Gasteiger partial charge in [-0.3, -0.25) is 0 Å². The molecule has 5 heteroatoms. The van der Waals surface area contributed by atoms with E-state index >= 15 is 0 Å². The van der Waals surface area contributed by atoms with E-state index in [4.69, 9.17) is 5.21 Å². The van der Waals surface area contributed by atoms with E-state index in [1.54, 1.807) is 16.8 Å². The molecule has 0 fully saturated rings. The molecule has 0 atom stereocenters. The van der Waals surface area contributed by atoms with Crippen LogP contribution in [0.4, 0.5) is 0 Å². The van der Waals surface area contributed by atoms with Crippen LogP contribution in [-0.2, 0) is 6.54 Å². The lowest BCUT2D eigenvalue weighted by Gasteiger charge is -1.98. The normalized spacial score (nSPS) is 11.5. The third-order valence-corrected chi connectivity index (χ3v) is 2.16. The summed E-state index contributed by atoms with van der Waals surface area (Å²) in [4.78, 5) is 0. The van der Waals surface area contributed by atoms with E-state index in [2.05, 4.69) is 15.5 Å². The van der Waals surface area contributed by atoms with Crippen LogP contribution >= 0.6 is 0 Å². The number of benzene rings is 1. The molecule has 0 amide bonds. The van der Waals surface area contributed by atoms with Crippen molar-refractivity contribution in [3.05, 3.63) is 53.9 Å². The van der Waals surface area contributed by atoms with Crippen molar-refractivity contribution in [2.75, 3.05) is 0 Å². The largest absolute Gasteiger partial charge is 0.411 e. The Morgan fingerprint density at radius 2 is 2.12 bits per heavy atom. The van der Waals surface area contributed by atoms with E-state index in [9.17, 15) is 0 Å². The van der Waals surface area contributed by atoms with Crippen LogP contribution in [0, 0.1) is 0 Å². The van der Waals surface area contributed by atoms with E-state index in [-0.39, 0.29) is 0 Å². The molecule has 0 aliphatic carbocycles. The van der Waals surface area contributed by atoms with E-state index in [1.807, 2.05) is 36.5 Å². The van der Waals surface area contributed by atoms with Crippen molar-refractivity contribution in [2.24, 2.45) is 5.16 Å². The topological polar surface area (TPSA) is 63.3 Å². The molecular weight excluding hydrogens is 216 g/mol. The Balaban J connectivity index is 2.04. The minimum absolute atomic E-state index is 0.690. The van der Waals surface area contributed by atoms with Crippen LogP contribution in [0.1, 0.15) is 11.3 Å². The smallest absolute Gasteiger partial charge is 0.105 e. The van der Waals surface area contributed by atoms with Crippen LogP contribution in [0.5, 0.6) is 0 Å². The number of oxime groups is 1. The molecule has 17 heavy (non-hydrogen) atoms. The molecule has 1 N–H and O–H groups in total. The number of hydrogen-bond acceptors (Lipinski definition) is 4. The van der Waals surface area contributed by atoms with Crippen LogP contribution in [0.3, 0.4) is 0 Å². The number of hydrogen-bond donors (Lipinski definition) is 1. The molecule has 0 saturated carbocycles. The molecule has 1 aromatic heterocycles. The summed E-state index contributed by atoms with van der Waals surface area (Å²) in [5, 5.41) is 19.0. The molecule has 0 radical (unpaired) electrons. The van der Waals surface area contributed by atoms with Crippen molar-refractivity contribution >= 4 is 12.3 Å². The standard InChI is InChI=1S/C12H12N4O/c17-13-8-4-7-12-10-16(15-14-12)9-11-5-2-1-3-6-11/h1-8,10,17H,9H2/b7-4+,13-8+. The van der Waals surface area contributed by atoms with Gasteiger partial charge in [0.15, 0.2) is 0 Å². The zero-order chi connectivity index (χ0) is 11.9. The molecule has 5 nitrogen and oxygen atoms in total. The van der Waals surface area contributed by atoms with E-state index < -0.39 is 0 Å². The first-order valence-corrected chi connectivity index (χ1v) is 5.16. The molecular formula is C12H12N4O. The van der Waals surface area contributed by atoms with Gasteiger partial charge in [0.2, 0.25) is 0 Å². The Bertz CT molecular complexity index is 516. The van der Waals surface area contributed by atoms with Gasteiger partial charge < -0.3 is 5.21 Å². The summed E-state index contributed by atoms with van der Waals surface area (Å²) in [7, 11) is 0. The van der Waals surface area contributed by atoms with Crippen molar-refractivity contribution in [1.82, 2.24) is 15.0 Å². The molecule has 0 aliphatic heterocycles. The lowest BCUT2D eigenvalue weighted by molar-refractivity contribution is 0.322. The van der Waals surface area contributed by atoms with Crippen LogP contribution in [0.25, 0.3) is 6.08 Å². The fourth-order valence-corrected chi connectivity index (χ4v) is 1.42. The summed E-state index contributed by atoms with van der Waals surface area (Å²) in [6.07, 6.45) is 6.41. The Kier molecular flexibility index (Phi) is 3.64. The third-order valence-electron chi connectivity index (χ3n) is 2.16. The van der Waals surface area contributed by atoms with Gasteiger partial charge in [0.1, 0.15) is 5.69 Å². The molecule has 1 aromatic carbocycles. The molecule has 0 bridgehead atoms. The number of rotatable bonds is 4. The zero-order valence-electron chi connectivity index (χ0n) is 9.14. The van der Waals surface area contributed by atoms with Gasteiger partial charge in [-0.15, -0.1) is 5.10 Å². The Hall–Kier alpha value is -2.43. The molecule has 0 spiro atoms. The molecule has 0 saturated heterocycles. The van der Waals surface area contributed by atoms with Crippen molar-refractivity contribution in [2.45, 2.75) is 6.54 Å². The van der Waals surface area contributed by atoms with Gasteiger partial charge in [-0.25, -0.2) is 4.68 Å². The molecule has 2 aromatic rings. The summed E-state index contributed by atoms with van der Waals surface area (Å²) in [6.45, 7) is 0.690. The van der Waals surface area contributed by atoms with Gasteiger partial charge in [0.25, 0.3) is 0 Å². The minimum atomic E-state index is 0.690. The second-order valence-electron chi connectivity index (χ2n) is 3.45. The summed E-state index contributed by atoms with van der Waals surface area (Å²) < 4.78 is 1.76. The lowest BCUT2D eigenvalue weighted by Crippen LogP contribution is -1.99. The highest BCUT2D eigenvalue weighted by molar-refractivity contribution is 5.76. The number of aromatic nitrogens is 3. The fraction of sp³-hybridized carbons (Fsp3) is 0.0833. The lowest BCUT2D eigenvalue weighted by atomic mass is 10.2. The quantitative estimate of drug-likeness (QED) is 0.493. The summed E-state index contributed by atoms with van der Waals surface area (Å²) in [5.41, 5.74) is 1.89. The first kappa shape index (κ1) is 11.1. The highest BCUT2D eigenvalue weighted by atomic mass is 16.4. The van der Waals surface area contributed by atoms with Gasteiger partial charge in [-0.1, -0.05) is 40.7 Å². The average Bonchev–Trinajstić information content (AvgIpc) is 2.79. The molecule has 0 aliphatic rings. The van der Waals surface area contributed by atoms with Gasteiger partial charge in [-0.05, 0) is 17.7 Å². The maximum atomic E-state index is 8.22. The van der Waals surface area contributed by atoms with Crippen molar-refractivity contribution in [1.29, 1.82) is 0 Å². The van der Waals surface area contributed by atoms with Crippen LogP contribution < -0.4 is 0 Å².